The van der Waals surface area contributed by atoms with E-state index in [0.717, 1.165) is 22.6 Å². The van der Waals surface area contributed by atoms with Gasteiger partial charge in [0.25, 0.3) is 0 Å². The summed E-state index contributed by atoms with van der Waals surface area (Å²) in [6.45, 7) is 8.84. The lowest BCUT2D eigenvalue weighted by Crippen LogP contribution is -2.39. The minimum absolute atomic E-state index is 0.262. The summed E-state index contributed by atoms with van der Waals surface area (Å²) >= 11 is 1.50. The number of amides is 1. The lowest BCUT2D eigenvalue weighted by atomic mass is 10.0. The standard InChI is InChI=1S/C14H21N3O2S/c1-9-11(16-12(15)20-9)10-5-7-17(8-6-10)13(18)19-14(2,3)4/h5H,6-8H2,1-4H3,(H2,15,16). The summed E-state index contributed by atoms with van der Waals surface area (Å²) in [6, 6.07) is 0. The highest BCUT2D eigenvalue weighted by molar-refractivity contribution is 7.15. The van der Waals surface area contributed by atoms with Crippen LogP contribution in [0.15, 0.2) is 6.08 Å². The molecule has 1 amide bonds. The third kappa shape index (κ3) is 3.50. The quantitative estimate of drug-likeness (QED) is 0.864. The van der Waals surface area contributed by atoms with Crippen molar-refractivity contribution >= 4 is 28.1 Å². The normalized spacial score (nSPS) is 16.0. The van der Waals surface area contributed by atoms with Crippen LogP contribution < -0.4 is 5.73 Å². The number of thiazole rings is 1. The van der Waals surface area contributed by atoms with E-state index in [-0.39, 0.29) is 6.09 Å². The Bertz CT molecular complexity index is 543. The van der Waals surface area contributed by atoms with Crippen molar-refractivity contribution in [3.63, 3.8) is 0 Å². The van der Waals surface area contributed by atoms with E-state index in [1.165, 1.54) is 11.3 Å². The fourth-order valence-corrected chi connectivity index (χ4v) is 2.82. The van der Waals surface area contributed by atoms with Crippen LogP contribution in [0.4, 0.5) is 9.93 Å². The van der Waals surface area contributed by atoms with E-state index in [4.69, 9.17) is 10.5 Å². The first kappa shape index (κ1) is 14.8. The highest BCUT2D eigenvalue weighted by atomic mass is 32.1. The number of anilines is 1. The summed E-state index contributed by atoms with van der Waals surface area (Å²) < 4.78 is 5.37. The average molecular weight is 295 g/mol. The van der Waals surface area contributed by atoms with E-state index in [1.54, 1.807) is 4.90 Å². The molecule has 0 radical (unpaired) electrons. The van der Waals surface area contributed by atoms with E-state index >= 15 is 0 Å². The molecule has 0 aliphatic carbocycles. The van der Waals surface area contributed by atoms with Crippen molar-refractivity contribution in [3.05, 3.63) is 16.6 Å². The number of nitrogens with two attached hydrogens (primary N) is 1. The molecule has 1 aromatic rings. The van der Waals surface area contributed by atoms with E-state index in [2.05, 4.69) is 4.98 Å². The third-order valence-corrected chi connectivity index (χ3v) is 3.78. The summed E-state index contributed by atoms with van der Waals surface area (Å²) in [5.41, 5.74) is 7.40. The van der Waals surface area contributed by atoms with Crippen molar-refractivity contribution < 1.29 is 9.53 Å². The Balaban J connectivity index is 2.04. The molecule has 20 heavy (non-hydrogen) atoms. The zero-order valence-electron chi connectivity index (χ0n) is 12.4. The molecular formula is C14H21N3O2S. The first-order chi connectivity index (χ1) is 9.26. The Kier molecular flexibility index (Phi) is 4.04. The van der Waals surface area contributed by atoms with Crippen LogP contribution in [0.5, 0.6) is 0 Å². The second-order valence-electron chi connectivity index (χ2n) is 5.86. The Morgan fingerprint density at radius 1 is 1.50 bits per heavy atom. The first-order valence-corrected chi connectivity index (χ1v) is 7.48. The summed E-state index contributed by atoms with van der Waals surface area (Å²) in [6.07, 6.45) is 2.56. The molecule has 6 heteroatoms. The average Bonchev–Trinajstić information content (AvgIpc) is 2.66. The molecule has 0 saturated heterocycles. The van der Waals surface area contributed by atoms with Gasteiger partial charge in [-0.15, -0.1) is 11.3 Å². The van der Waals surface area contributed by atoms with Gasteiger partial charge in [0.15, 0.2) is 5.13 Å². The van der Waals surface area contributed by atoms with Crippen molar-refractivity contribution in [2.75, 3.05) is 18.8 Å². The maximum Gasteiger partial charge on any atom is 0.410 e. The molecule has 0 atom stereocenters. The van der Waals surface area contributed by atoms with Gasteiger partial charge in [0.2, 0.25) is 0 Å². The minimum Gasteiger partial charge on any atom is -0.444 e. The molecule has 0 aromatic carbocycles. The highest BCUT2D eigenvalue weighted by Crippen LogP contribution is 2.29. The van der Waals surface area contributed by atoms with Gasteiger partial charge in [-0.05, 0) is 39.7 Å². The molecular weight excluding hydrogens is 274 g/mol. The fourth-order valence-electron chi connectivity index (χ4n) is 2.09. The molecule has 0 unspecified atom stereocenters. The second-order valence-corrected chi connectivity index (χ2v) is 7.10. The number of aryl methyl sites for hydroxylation is 1. The number of aromatic nitrogens is 1. The summed E-state index contributed by atoms with van der Waals surface area (Å²) in [7, 11) is 0. The molecule has 110 valence electrons. The molecule has 1 aliphatic heterocycles. The van der Waals surface area contributed by atoms with Crippen LogP contribution in [0.1, 0.15) is 37.8 Å². The second kappa shape index (κ2) is 5.44. The first-order valence-electron chi connectivity index (χ1n) is 6.66. The van der Waals surface area contributed by atoms with Crippen molar-refractivity contribution in [2.45, 2.75) is 39.7 Å². The molecule has 5 nitrogen and oxygen atoms in total. The smallest absolute Gasteiger partial charge is 0.410 e. The lowest BCUT2D eigenvalue weighted by Gasteiger charge is -2.29. The van der Waals surface area contributed by atoms with Crippen LogP contribution in [0.25, 0.3) is 5.57 Å². The number of carbonyl (C=O) groups is 1. The summed E-state index contributed by atoms with van der Waals surface area (Å²) in [5.74, 6) is 0. The molecule has 1 aromatic heterocycles. The number of nitrogens with zero attached hydrogens (tertiary/aromatic N) is 2. The topological polar surface area (TPSA) is 68.5 Å². The molecule has 2 rings (SSSR count). The maximum atomic E-state index is 12.0. The SMILES string of the molecule is Cc1sc(N)nc1C1=CCN(C(=O)OC(C)(C)C)CC1. The van der Waals surface area contributed by atoms with Gasteiger partial charge in [0, 0.05) is 18.0 Å². The number of rotatable bonds is 1. The van der Waals surface area contributed by atoms with Crippen LogP contribution in [-0.2, 0) is 4.74 Å². The van der Waals surface area contributed by atoms with E-state index in [9.17, 15) is 4.79 Å². The van der Waals surface area contributed by atoms with E-state index < -0.39 is 5.60 Å². The minimum atomic E-state index is -0.457. The number of ether oxygens (including phenoxy) is 1. The van der Waals surface area contributed by atoms with Crippen molar-refractivity contribution in [1.29, 1.82) is 0 Å². The lowest BCUT2D eigenvalue weighted by molar-refractivity contribution is 0.0270. The number of nitrogen functional groups attached to an aromatic ring is 1. The third-order valence-electron chi connectivity index (χ3n) is 2.98. The number of hydrogen-bond donors (Lipinski definition) is 1. The van der Waals surface area contributed by atoms with Gasteiger partial charge < -0.3 is 15.4 Å². The molecule has 1 aliphatic rings. The Labute approximate surface area is 123 Å². The van der Waals surface area contributed by atoms with Gasteiger partial charge in [-0.1, -0.05) is 6.08 Å². The van der Waals surface area contributed by atoms with E-state index in [1.807, 2.05) is 33.8 Å². The van der Waals surface area contributed by atoms with Gasteiger partial charge in [-0.25, -0.2) is 9.78 Å². The number of carbonyl (C=O) groups excluding carboxylic acids is 1. The molecule has 2 heterocycles. The van der Waals surface area contributed by atoms with Crippen LogP contribution >= 0.6 is 11.3 Å². The Hall–Kier alpha value is -1.56. The predicted octanol–water partition coefficient (Wildman–Crippen LogP) is 3.06. The van der Waals surface area contributed by atoms with Gasteiger partial charge >= 0.3 is 6.09 Å². The molecule has 0 saturated carbocycles. The molecule has 0 spiro atoms. The molecule has 0 fully saturated rings. The van der Waals surface area contributed by atoms with E-state index in [0.29, 0.717) is 18.2 Å². The number of hydrogen-bond acceptors (Lipinski definition) is 5. The van der Waals surface area contributed by atoms with Crippen molar-refractivity contribution in [2.24, 2.45) is 0 Å². The van der Waals surface area contributed by atoms with Crippen LogP contribution in [0.2, 0.25) is 0 Å². The zero-order chi connectivity index (χ0) is 14.9. The monoisotopic (exact) mass is 295 g/mol. The van der Waals surface area contributed by atoms with Crippen LogP contribution in [0.3, 0.4) is 0 Å². The van der Waals surface area contributed by atoms with Crippen LogP contribution in [0, 0.1) is 6.92 Å². The summed E-state index contributed by atoms with van der Waals surface area (Å²) in [5, 5.41) is 0.591. The largest absolute Gasteiger partial charge is 0.444 e. The Morgan fingerprint density at radius 2 is 2.20 bits per heavy atom. The van der Waals surface area contributed by atoms with Crippen molar-refractivity contribution in [1.82, 2.24) is 9.88 Å². The zero-order valence-corrected chi connectivity index (χ0v) is 13.2. The maximum absolute atomic E-state index is 12.0. The van der Waals surface area contributed by atoms with Crippen LogP contribution in [-0.4, -0.2) is 34.7 Å². The van der Waals surface area contributed by atoms with Crippen molar-refractivity contribution in [3.8, 4) is 0 Å². The molecule has 2 N–H and O–H groups in total. The molecule has 0 bridgehead atoms. The fraction of sp³-hybridized carbons (Fsp3) is 0.571. The van der Waals surface area contributed by atoms with Gasteiger partial charge in [-0.3, -0.25) is 0 Å². The Morgan fingerprint density at radius 3 is 2.65 bits per heavy atom. The van der Waals surface area contributed by atoms with Gasteiger partial charge in [-0.2, -0.15) is 0 Å². The predicted molar refractivity (Wildman–Crippen MR) is 81.7 cm³/mol. The van der Waals surface area contributed by atoms with Gasteiger partial charge in [0.05, 0.1) is 5.69 Å². The van der Waals surface area contributed by atoms with Gasteiger partial charge in [0.1, 0.15) is 5.60 Å². The highest BCUT2D eigenvalue weighted by Gasteiger charge is 2.24. The summed E-state index contributed by atoms with van der Waals surface area (Å²) in [4.78, 5) is 19.2.